The van der Waals surface area contributed by atoms with Gasteiger partial charge in [-0.25, -0.2) is 9.59 Å². The van der Waals surface area contributed by atoms with Crippen molar-refractivity contribution < 1.29 is 38.2 Å². The smallest absolute Gasteiger partial charge is 0.408 e. The molecule has 0 aromatic rings. The van der Waals surface area contributed by atoms with E-state index in [4.69, 9.17) is 15.2 Å². The van der Waals surface area contributed by atoms with Gasteiger partial charge in [-0.1, -0.05) is 0 Å². The largest absolute Gasteiger partial charge is 0.467 e. The number of methoxy groups -OCH3 is 1. The van der Waals surface area contributed by atoms with Gasteiger partial charge in [0.1, 0.15) is 23.3 Å². The summed E-state index contributed by atoms with van der Waals surface area (Å²) in [6.07, 6.45) is -0.553. The molecule has 12 nitrogen and oxygen atoms in total. The number of esters is 2. The zero-order chi connectivity index (χ0) is 25.8. The van der Waals surface area contributed by atoms with Crippen molar-refractivity contribution in [3.05, 3.63) is 0 Å². The maximum atomic E-state index is 12.5. The van der Waals surface area contributed by atoms with Gasteiger partial charge in [-0.05, 0) is 60.9 Å². The maximum absolute atomic E-state index is 12.5. The molecule has 0 aliphatic heterocycles. The van der Waals surface area contributed by atoms with E-state index in [0.29, 0.717) is 13.0 Å². The highest BCUT2D eigenvalue weighted by molar-refractivity contribution is 5.92. The number of hydrogen-bond acceptors (Lipinski definition) is 9. The number of rotatable bonds is 11. The van der Waals surface area contributed by atoms with E-state index in [1.165, 1.54) is 0 Å². The lowest BCUT2D eigenvalue weighted by atomic mass is 10.1. The van der Waals surface area contributed by atoms with Gasteiger partial charge in [0, 0.05) is 0 Å². The molecule has 5 N–H and O–H groups in total. The predicted molar refractivity (Wildman–Crippen MR) is 119 cm³/mol. The molecule has 0 radical (unpaired) electrons. The van der Waals surface area contributed by atoms with Gasteiger partial charge in [-0.15, -0.1) is 0 Å². The summed E-state index contributed by atoms with van der Waals surface area (Å²) < 4.78 is 14.9. The van der Waals surface area contributed by atoms with Crippen LogP contribution in [0.4, 0.5) is 4.79 Å². The molecular formula is C21H38N4O8. The standard InChI is InChI=1S/C21H38N4O8/c1-20(2,3)32-16(27)11-14(18(29)31-7)24-15(26)12-23-17(28)13(9-8-10-22)25-19(30)33-21(4,5)6/h13-14H,8-12,22H2,1-7H3,(H,23,28)(H,24,26)(H,25,30). The van der Waals surface area contributed by atoms with E-state index in [1.54, 1.807) is 41.5 Å². The average Bonchev–Trinajstić information content (AvgIpc) is 2.65. The molecule has 0 bridgehead atoms. The number of carbonyl (C=O) groups is 5. The number of ether oxygens (including phenoxy) is 3. The van der Waals surface area contributed by atoms with Crippen LogP contribution in [0.5, 0.6) is 0 Å². The SMILES string of the molecule is COC(=O)C(CC(=O)OC(C)(C)C)NC(=O)CNC(=O)C(CCCN)NC(=O)OC(C)(C)C. The van der Waals surface area contributed by atoms with Crippen LogP contribution in [-0.2, 0) is 33.4 Å². The molecule has 2 atom stereocenters. The molecule has 33 heavy (non-hydrogen) atoms. The summed E-state index contributed by atoms with van der Waals surface area (Å²) in [6.45, 7) is 9.83. The molecule has 2 unspecified atom stereocenters. The van der Waals surface area contributed by atoms with Crippen LogP contribution in [0.3, 0.4) is 0 Å². The van der Waals surface area contributed by atoms with Crippen molar-refractivity contribution >= 4 is 29.8 Å². The summed E-state index contributed by atoms with van der Waals surface area (Å²) in [5.74, 6) is -2.91. The van der Waals surface area contributed by atoms with E-state index in [0.717, 1.165) is 7.11 Å². The molecule has 0 fully saturated rings. The Morgan fingerprint density at radius 1 is 0.879 bits per heavy atom. The fourth-order valence-corrected chi connectivity index (χ4v) is 2.46. The highest BCUT2D eigenvalue weighted by atomic mass is 16.6. The molecule has 190 valence electrons. The van der Waals surface area contributed by atoms with E-state index < -0.39 is 66.1 Å². The first-order valence-corrected chi connectivity index (χ1v) is 10.6. The summed E-state index contributed by atoms with van der Waals surface area (Å²) in [7, 11) is 1.11. The van der Waals surface area contributed by atoms with E-state index in [1.807, 2.05) is 0 Å². The normalized spacial score (nSPS) is 13.2. The summed E-state index contributed by atoms with van der Waals surface area (Å²) in [5, 5.41) is 7.17. The minimum atomic E-state index is -1.29. The predicted octanol–water partition coefficient (Wildman–Crippen LogP) is 0.124. The summed E-state index contributed by atoms with van der Waals surface area (Å²) in [6, 6.07) is -2.27. The monoisotopic (exact) mass is 474 g/mol. The van der Waals surface area contributed by atoms with E-state index in [2.05, 4.69) is 20.7 Å². The number of carbonyl (C=O) groups excluding carboxylic acids is 5. The van der Waals surface area contributed by atoms with Gasteiger partial charge < -0.3 is 35.9 Å². The van der Waals surface area contributed by atoms with Gasteiger partial charge in [0.25, 0.3) is 0 Å². The third-order valence-corrected chi connectivity index (χ3v) is 3.74. The zero-order valence-electron chi connectivity index (χ0n) is 20.5. The number of amides is 3. The Hall–Kier alpha value is -2.89. The Labute approximate surface area is 194 Å². The Balaban J connectivity index is 4.97. The zero-order valence-corrected chi connectivity index (χ0v) is 20.5. The first-order valence-electron chi connectivity index (χ1n) is 10.6. The van der Waals surface area contributed by atoms with Crippen LogP contribution in [0.2, 0.25) is 0 Å². The van der Waals surface area contributed by atoms with Crippen molar-refractivity contribution in [2.75, 3.05) is 20.2 Å². The summed E-state index contributed by atoms with van der Waals surface area (Å²) >= 11 is 0. The van der Waals surface area contributed by atoms with Gasteiger partial charge in [0.15, 0.2) is 0 Å². The fraction of sp³-hybridized carbons (Fsp3) is 0.762. The van der Waals surface area contributed by atoms with Crippen LogP contribution in [0.1, 0.15) is 60.8 Å². The van der Waals surface area contributed by atoms with Crippen LogP contribution < -0.4 is 21.7 Å². The molecule has 0 spiro atoms. The van der Waals surface area contributed by atoms with Crippen molar-refractivity contribution in [3.63, 3.8) is 0 Å². The third kappa shape index (κ3) is 14.7. The molecule has 0 rings (SSSR count). The van der Waals surface area contributed by atoms with Crippen molar-refractivity contribution in [2.24, 2.45) is 5.73 Å². The molecule has 0 heterocycles. The molecule has 0 aliphatic carbocycles. The molecule has 0 aromatic heterocycles. The van der Waals surface area contributed by atoms with Crippen molar-refractivity contribution in [1.29, 1.82) is 0 Å². The van der Waals surface area contributed by atoms with E-state index >= 15 is 0 Å². The Morgan fingerprint density at radius 2 is 1.45 bits per heavy atom. The van der Waals surface area contributed by atoms with Gasteiger partial charge in [0.05, 0.1) is 20.1 Å². The number of hydrogen-bond donors (Lipinski definition) is 4. The second kappa shape index (κ2) is 13.6. The van der Waals surface area contributed by atoms with E-state index in [9.17, 15) is 24.0 Å². The van der Waals surface area contributed by atoms with Crippen LogP contribution in [0.15, 0.2) is 0 Å². The van der Waals surface area contributed by atoms with Crippen molar-refractivity contribution in [1.82, 2.24) is 16.0 Å². The Morgan fingerprint density at radius 3 is 1.94 bits per heavy atom. The summed E-state index contributed by atoms with van der Waals surface area (Å²) in [4.78, 5) is 60.7. The number of alkyl carbamates (subject to hydrolysis) is 1. The minimum Gasteiger partial charge on any atom is -0.467 e. The Kier molecular flexibility index (Phi) is 12.4. The lowest BCUT2D eigenvalue weighted by molar-refractivity contribution is -0.159. The van der Waals surface area contributed by atoms with Crippen molar-refractivity contribution in [2.45, 2.75) is 84.1 Å². The molecule has 0 aromatic carbocycles. The van der Waals surface area contributed by atoms with Crippen molar-refractivity contribution in [3.8, 4) is 0 Å². The van der Waals surface area contributed by atoms with Gasteiger partial charge >= 0.3 is 18.0 Å². The molecule has 12 heteroatoms. The molecule has 0 saturated heterocycles. The first-order chi connectivity index (χ1) is 15.1. The highest BCUT2D eigenvalue weighted by Crippen LogP contribution is 2.10. The molecule has 0 aliphatic rings. The second-order valence-corrected chi connectivity index (χ2v) is 9.28. The van der Waals surface area contributed by atoms with Crippen LogP contribution in [0.25, 0.3) is 0 Å². The number of nitrogens with one attached hydrogen (secondary N) is 3. The van der Waals surface area contributed by atoms with Crippen LogP contribution in [0, 0.1) is 0 Å². The van der Waals surface area contributed by atoms with Gasteiger partial charge in [-0.2, -0.15) is 0 Å². The summed E-state index contributed by atoms with van der Waals surface area (Å²) in [5.41, 5.74) is 3.96. The molecule has 0 saturated carbocycles. The quantitative estimate of drug-likeness (QED) is 0.239. The molecular weight excluding hydrogens is 436 g/mol. The van der Waals surface area contributed by atoms with Gasteiger partial charge in [-0.3, -0.25) is 14.4 Å². The Bertz CT molecular complexity index is 697. The topological polar surface area (TPSA) is 175 Å². The van der Waals surface area contributed by atoms with Gasteiger partial charge in [0.2, 0.25) is 11.8 Å². The molecule has 3 amide bonds. The lowest BCUT2D eigenvalue weighted by Gasteiger charge is -2.23. The lowest BCUT2D eigenvalue weighted by Crippen LogP contribution is -2.52. The number of nitrogens with two attached hydrogens (primary N) is 1. The van der Waals surface area contributed by atoms with Crippen LogP contribution >= 0.6 is 0 Å². The second-order valence-electron chi connectivity index (χ2n) is 9.28. The van der Waals surface area contributed by atoms with Crippen LogP contribution in [-0.4, -0.2) is 73.3 Å². The highest BCUT2D eigenvalue weighted by Gasteiger charge is 2.28. The third-order valence-electron chi connectivity index (χ3n) is 3.74. The average molecular weight is 475 g/mol. The maximum Gasteiger partial charge on any atom is 0.408 e. The first kappa shape index (κ1) is 30.1. The fourth-order valence-electron chi connectivity index (χ4n) is 2.46. The minimum absolute atomic E-state index is 0.229. The van der Waals surface area contributed by atoms with E-state index in [-0.39, 0.29) is 6.42 Å².